The molecule has 0 spiro atoms. The lowest BCUT2D eigenvalue weighted by atomic mass is 9.97. The van der Waals surface area contributed by atoms with Crippen molar-refractivity contribution in [2.45, 2.75) is 12.8 Å². The van der Waals surface area contributed by atoms with E-state index in [2.05, 4.69) is 15.6 Å². The summed E-state index contributed by atoms with van der Waals surface area (Å²) >= 11 is 0. The summed E-state index contributed by atoms with van der Waals surface area (Å²) in [6, 6.07) is 3.31. The summed E-state index contributed by atoms with van der Waals surface area (Å²) in [5.74, 6) is -0.499. The van der Waals surface area contributed by atoms with Gasteiger partial charge in [0.1, 0.15) is 0 Å². The Morgan fingerprint density at radius 3 is 2.72 bits per heavy atom. The van der Waals surface area contributed by atoms with Crippen LogP contribution in [0.1, 0.15) is 23.2 Å². The van der Waals surface area contributed by atoms with Crippen molar-refractivity contribution in [3.05, 3.63) is 30.1 Å². The van der Waals surface area contributed by atoms with Crippen molar-refractivity contribution < 1.29 is 14.4 Å². The van der Waals surface area contributed by atoms with Gasteiger partial charge in [0.05, 0.1) is 11.5 Å². The van der Waals surface area contributed by atoms with Crippen molar-refractivity contribution in [3.8, 4) is 0 Å². The molecule has 0 saturated carbocycles. The Morgan fingerprint density at radius 1 is 1.28 bits per heavy atom. The Balaban J connectivity index is 1.71. The highest BCUT2D eigenvalue weighted by Gasteiger charge is 2.28. The molecule has 2 rings (SSSR count). The van der Waals surface area contributed by atoms with Crippen LogP contribution in [0, 0.1) is 5.92 Å². The van der Waals surface area contributed by atoms with Crippen LogP contribution in [0.2, 0.25) is 0 Å². The number of amides is 4. The number of likely N-dealkylation sites (tertiary alicyclic amines) is 1. The van der Waals surface area contributed by atoms with Gasteiger partial charge in [0.25, 0.3) is 5.91 Å². The maximum absolute atomic E-state index is 12.3. The zero-order valence-electron chi connectivity index (χ0n) is 14.7. The first-order valence-corrected chi connectivity index (χ1v) is 8.41. The second-order valence-electron chi connectivity index (χ2n) is 6.25. The first-order valence-electron chi connectivity index (χ1n) is 8.41. The quantitative estimate of drug-likeness (QED) is 0.750. The largest absolute Gasteiger partial charge is 0.354 e. The molecular formula is C17H25N5O3. The van der Waals surface area contributed by atoms with Crippen molar-refractivity contribution in [1.82, 2.24) is 25.4 Å². The Morgan fingerprint density at radius 2 is 2.04 bits per heavy atom. The summed E-state index contributed by atoms with van der Waals surface area (Å²) in [6.07, 6.45) is 4.68. The fraction of sp³-hybridized carbons (Fsp3) is 0.529. The summed E-state index contributed by atoms with van der Waals surface area (Å²) in [6.45, 7) is 1.81. The third kappa shape index (κ3) is 5.44. The molecule has 1 atom stereocenters. The molecule has 4 amide bonds. The second kappa shape index (κ2) is 9.00. The van der Waals surface area contributed by atoms with Gasteiger partial charge in [-0.05, 0) is 25.0 Å². The minimum Gasteiger partial charge on any atom is -0.354 e. The maximum atomic E-state index is 12.3. The topological polar surface area (TPSA) is 94.6 Å². The highest BCUT2D eigenvalue weighted by molar-refractivity contribution is 5.93. The van der Waals surface area contributed by atoms with E-state index in [9.17, 15) is 14.4 Å². The van der Waals surface area contributed by atoms with Crippen molar-refractivity contribution in [1.29, 1.82) is 0 Å². The van der Waals surface area contributed by atoms with E-state index in [0.29, 0.717) is 31.7 Å². The Hall–Kier alpha value is -2.64. The van der Waals surface area contributed by atoms with Crippen molar-refractivity contribution in [2.24, 2.45) is 5.92 Å². The van der Waals surface area contributed by atoms with Crippen LogP contribution < -0.4 is 10.6 Å². The van der Waals surface area contributed by atoms with E-state index in [1.807, 2.05) is 0 Å². The smallest absolute Gasteiger partial charge is 0.319 e. The maximum Gasteiger partial charge on any atom is 0.319 e. The molecule has 8 heteroatoms. The molecule has 2 heterocycles. The van der Waals surface area contributed by atoms with E-state index in [0.717, 1.165) is 12.8 Å². The lowest BCUT2D eigenvalue weighted by Crippen LogP contribution is -2.49. The monoisotopic (exact) mass is 347 g/mol. The van der Waals surface area contributed by atoms with Crippen LogP contribution in [-0.2, 0) is 4.79 Å². The van der Waals surface area contributed by atoms with Crippen molar-refractivity contribution >= 4 is 17.8 Å². The van der Waals surface area contributed by atoms with E-state index in [1.54, 1.807) is 37.3 Å². The van der Waals surface area contributed by atoms with E-state index in [4.69, 9.17) is 0 Å². The Kier molecular flexibility index (Phi) is 6.73. The van der Waals surface area contributed by atoms with Crippen LogP contribution >= 0.6 is 0 Å². The molecule has 136 valence electrons. The molecule has 1 aliphatic rings. The summed E-state index contributed by atoms with van der Waals surface area (Å²) < 4.78 is 0. The normalized spacial score (nSPS) is 16.9. The average Bonchev–Trinajstić information content (AvgIpc) is 2.65. The molecular weight excluding hydrogens is 322 g/mol. The summed E-state index contributed by atoms with van der Waals surface area (Å²) in [5.41, 5.74) is 0.485. The summed E-state index contributed by atoms with van der Waals surface area (Å²) in [7, 11) is 3.41. The third-order valence-electron chi connectivity index (χ3n) is 4.08. The fourth-order valence-electron chi connectivity index (χ4n) is 2.75. The number of piperidine rings is 1. The van der Waals surface area contributed by atoms with E-state index < -0.39 is 0 Å². The average molecular weight is 347 g/mol. The lowest BCUT2D eigenvalue weighted by Gasteiger charge is -2.33. The molecule has 0 aliphatic carbocycles. The third-order valence-corrected chi connectivity index (χ3v) is 4.08. The molecule has 1 fully saturated rings. The van der Waals surface area contributed by atoms with E-state index in [-0.39, 0.29) is 23.8 Å². The lowest BCUT2D eigenvalue weighted by molar-refractivity contribution is -0.126. The number of pyridine rings is 1. The second-order valence-corrected chi connectivity index (χ2v) is 6.25. The number of hydrogen-bond acceptors (Lipinski definition) is 4. The number of urea groups is 1. The van der Waals surface area contributed by atoms with Gasteiger partial charge in [-0.1, -0.05) is 0 Å². The number of hydrogen-bond donors (Lipinski definition) is 2. The van der Waals surface area contributed by atoms with E-state index >= 15 is 0 Å². The van der Waals surface area contributed by atoms with Crippen LogP contribution in [0.3, 0.4) is 0 Å². The Labute approximate surface area is 147 Å². The molecule has 0 aromatic carbocycles. The van der Waals surface area contributed by atoms with Gasteiger partial charge in [-0.25, -0.2) is 4.79 Å². The van der Waals surface area contributed by atoms with Crippen molar-refractivity contribution in [2.75, 3.05) is 40.3 Å². The minimum atomic E-state index is -0.220. The van der Waals surface area contributed by atoms with Gasteiger partial charge in [-0.3, -0.25) is 14.6 Å². The van der Waals surface area contributed by atoms with Gasteiger partial charge in [0.15, 0.2) is 0 Å². The number of aromatic nitrogens is 1. The number of nitrogens with zero attached hydrogens (tertiary/aromatic N) is 3. The fourth-order valence-corrected chi connectivity index (χ4v) is 2.75. The van der Waals surface area contributed by atoms with Gasteiger partial charge >= 0.3 is 6.03 Å². The molecule has 1 saturated heterocycles. The standard InChI is InChI=1S/C17H25N5O3/c1-21(2)17(25)22-10-4-6-14(12-22)16(24)20-9-8-19-15(23)13-5-3-7-18-11-13/h3,5,7,11,14H,4,6,8-10,12H2,1-2H3,(H,19,23)(H,20,24)/t14-/m0/s1. The van der Waals surface area contributed by atoms with Crippen molar-refractivity contribution in [3.63, 3.8) is 0 Å². The molecule has 1 aromatic rings. The predicted molar refractivity (Wildman–Crippen MR) is 93.0 cm³/mol. The molecule has 0 bridgehead atoms. The number of carbonyl (C=O) groups is 3. The van der Waals surface area contributed by atoms with Gasteiger partial charge in [-0.2, -0.15) is 0 Å². The van der Waals surface area contributed by atoms with Crippen LogP contribution in [0.25, 0.3) is 0 Å². The molecule has 8 nitrogen and oxygen atoms in total. The summed E-state index contributed by atoms with van der Waals surface area (Å²) in [5, 5.41) is 5.56. The van der Waals surface area contributed by atoms with Gasteiger partial charge in [0.2, 0.25) is 5.91 Å². The molecule has 25 heavy (non-hydrogen) atoms. The van der Waals surface area contributed by atoms with Gasteiger partial charge < -0.3 is 20.4 Å². The number of nitrogens with one attached hydrogen (secondary N) is 2. The minimum absolute atomic E-state index is 0.0683. The number of carbonyl (C=O) groups excluding carboxylic acids is 3. The SMILES string of the molecule is CN(C)C(=O)N1CCC[C@H](C(=O)NCCNC(=O)c2cccnc2)C1. The first kappa shape index (κ1) is 18.7. The Bertz CT molecular complexity index is 606. The highest BCUT2D eigenvalue weighted by Crippen LogP contribution is 2.17. The predicted octanol–water partition coefficient (Wildman–Crippen LogP) is 0.321. The van der Waals surface area contributed by atoms with Crippen LogP contribution in [0.5, 0.6) is 0 Å². The molecule has 1 aliphatic heterocycles. The molecule has 0 radical (unpaired) electrons. The summed E-state index contributed by atoms with van der Waals surface area (Å²) in [4.78, 5) is 43.2. The molecule has 2 N–H and O–H groups in total. The number of rotatable bonds is 5. The van der Waals surface area contributed by atoms with Gasteiger partial charge in [-0.15, -0.1) is 0 Å². The first-order chi connectivity index (χ1) is 12.0. The van der Waals surface area contributed by atoms with E-state index in [1.165, 1.54) is 11.1 Å². The van der Waals surface area contributed by atoms with Gasteiger partial charge in [0, 0.05) is 52.7 Å². The zero-order valence-corrected chi connectivity index (χ0v) is 14.7. The molecule has 0 unspecified atom stereocenters. The molecule has 1 aromatic heterocycles. The zero-order chi connectivity index (χ0) is 18.2. The van der Waals surface area contributed by atoms with Crippen LogP contribution in [0.15, 0.2) is 24.5 Å². The van der Waals surface area contributed by atoms with Crippen LogP contribution in [0.4, 0.5) is 4.79 Å². The van der Waals surface area contributed by atoms with Crippen LogP contribution in [-0.4, -0.2) is 72.9 Å². The highest BCUT2D eigenvalue weighted by atomic mass is 16.2.